The van der Waals surface area contributed by atoms with Gasteiger partial charge < -0.3 is 11.1 Å². The van der Waals surface area contributed by atoms with Crippen LogP contribution in [0, 0.1) is 0 Å². The van der Waals surface area contributed by atoms with Gasteiger partial charge in [0.25, 0.3) is 5.91 Å². The van der Waals surface area contributed by atoms with Crippen molar-refractivity contribution >= 4 is 17.9 Å². The lowest BCUT2D eigenvalue weighted by atomic mass is 10.0. The average Bonchev–Trinajstić information content (AvgIpc) is 2.74. The lowest BCUT2D eigenvalue weighted by Crippen LogP contribution is -2.27. The van der Waals surface area contributed by atoms with Gasteiger partial charge in [-0.3, -0.25) is 9.59 Å². The maximum Gasteiger partial charge on any atom is 0.252 e. The van der Waals surface area contributed by atoms with E-state index in [2.05, 4.69) is 41.7 Å². The van der Waals surface area contributed by atoms with Gasteiger partial charge in [-0.1, -0.05) is 78.9 Å². The summed E-state index contributed by atoms with van der Waals surface area (Å²) in [5.74, 6) is -0.903. The fraction of sp³-hybridized carbons (Fsp3) is 0.0833. The second-order valence-corrected chi connectivity index (χ2v) is 6.34. The van der Waals surface area contributed by atoms with E-state index in [1.807, 2.05) is 30.4 Å². The average molecular weight is 370 g/mol. The highest BCUT2D eigenvalue weighted by Gasteiger charge is 2.13. The second-order valence-electron chi connectivity index (χ2n) is 6.34. The third-order valence-corrected chi connectivity index (χ3v) is 4.36. The summed E-state index contributed by atoms with van der Waals surface area (Å²) in [6, 6.07) is 25.1. The smallest absolute Gasteiger partial charge is 0.252 e. The van der Waals surface area contributed by atoms with Crippen LogP contribution in [0.5, 0.6) is 0 Å². The summed E-state index contributed by atoms with van der Waals surface area (Å²) in [5.41, 5.74) is 9.32. The molecule has 3 N–H and O–H groups in total. The molecular formula is C24H22N2O2. The Bertz CT molecular complexity index is 977. The topological polar surface area (TPSA) is 72.2 Å². The van der Waals surface area contributed by atoms with Crippen molar-refractivity contribution in [3.05, 3.63) is 102 Å². The molecule has 0 unspecified atom stereocenters. The van der Waals surface area contributed by atoms with Crippen LogP contribution in [-0.4, -0.2) is 18.4 Å². The molecule has 0 fully saturated rings. The van der Waals surface area contributed by atoms with Crippen LogP contribution in [0.25, 0.3) is 17.2 Å². The van der Waals surface area contributed by atoms with Crippen molar-refractivity contribution in [3.8, 4) is 11.1 Å². The first-order valence-corrected chi connectivity index (χ1v) is 9.14. The van der Waals surface area contributed by atoms with Gasteiger partial charge in [0, 0.05) is 6.54 Å². The maximum atomic E-state index is 12.2. The highest BCUT2D eigenvalue weighted by atomic mass is 16.2. The molecule has 3 rings (SSSR count). The third kappa shape index (κ3) is 4.95. The first-order chi connectivity index (χ1) is 13.6. The number of hydrogen-bond donors (Lipinski definition) is 2. The number of amides is 2. The molecule has 2 amide bonds. The Morgan fingerprint density at radius 1 is 0.786 bits per heavy atom. The van der Waals surface area contributed by atoms with E-state index in [1.54, 1.807) is 24.3 Å². The lowest BCUT2D eigenvalue weighted by molar-refractivity contribution is 0.0936. The molecule has 3 aromatic rings. The van der Waals surface area contributed by atoms with E-state index in [0.717, 1.165) is 5.56 Å². The van der Waals surface area contributed by atoms with Crippen LogP contribution in [-0.2, 0) is 0 Å². The molecule has 3 aromatic carbocycles. The molecule has 4 heteroatoms. The van der Waals surface area contributed by atoms with E-state index in [0.29, 0.717) is 18.5 Å². The molecule has 0 spiro atoms. The van der Waals surface area contributed by atoms with Gasteiger partial charge in [-0.2, -0.15) is 0 Å². The SMILES string of the molecule is NC(=O)c1ccccc1C(=O)NCCC=Cc1ccc(-c2ccccc2)cc1. The molecule has 0 aliphatic heterocycles. The number of nitrogens with one attached hydrogen (secondary N) is 1. The summed E-state index contributed by atoms with van der Waals surface area (Å²) in [6.45, 7) is 0.477. The Hall–Kier alpha value is -3.66. The largest absolute Gasteiger partial charge is 0.366 e. The normalized spacial score (nSPS) is 10.7. The number of hydrogen-bond acceptors (Lipinski definition) is 2. The zero-order valence-corrected chi connectivity index (χ0v) is 15.5. The number of benzene rings is 3. The number of rotatable bonds is 7. The summed E-state index contributed by atoms with van der Waals surface area (Å²) < 4.78 is 0. The van der Waals surface area contributed by atoms with Crippen molar-refractivity contribution in [2.45, 2.75) is 6.42 Å². The number of nitrogens with two attached hydrogens (primary N) is 1. The van der Waals surface area contributed by atoms with Gasteiger partial charge in [-0.15, -0.1) is 0 Å². The van der Waals surface area contributed by atoms with E-state index in [9.17, 15) is 9.59 Å². The Morgan fingerprint density at radius 3 is 2.07 bits per heavy atom. The Balaban J connectivity index is 1.51. The number of carbonyl (C=O) groups is 2. The molecule has 0 aliphatic rings. The third-order valence-electron chi connectivity index (χ3n) is 4.36. The summed E-state index contributed by atoms with van der Waals surface area (Å²) >= 11 is 0. The van der Waals surface area contributed by atoms with Crippen LogP contribution < -0.4 is 11.1 Å². The van der Waals surface area contributed by atoms with E-state index in [4.69, 9.17) is 5.73 Å². The fourth-order valence-electron chi connectivity index (χ4n) is 2.90. The molecule has 28 heavy (non-hydrogen) atoms. The van der Waals surface area contributed by atoms with Crippen LogP contribution in [0.1, 0.15) is 32.7 Å². The Morgan fingerprint density at radius 2 is 1.39 bits per heavy atom. The lowest BCUT2D eigenvalue weighted by Gasteiger charge is -2.07. The molecule has 0 heterocycles. The molecule has 0 saturated heterocycles. The molecule has 0 aromatic heterocycles. The van der Waals surface area contributed by atoms with E-state index in [1.165, 1.54) is 11.1 Å². The molecule has 0 saturated carbocycles. The van der Waals surface area contributed by atoms with Gasteiger partial charge in [0.1, 0.15) is 0 Å². The first kappa shape index (κ1) is 19.1. The van der Waals surface area contributed by atoms with Crippen LogP contribution in [0.2, 0.25) is 0 Å². The molecule has 4 nitrogen and oxygen atoms in total. The zero-order chi connectivity index (χ0) is 19.8. The van der Waals surface area contributed by atoms with E-state index < -0.39 is 5.91 Å². The van der Waals surface area contributed by atoms with Gasteiger partial charge in [-0.25, -0.2) is 0 Å². The van der Waals surface area contributed by atoms with Crippen molar-refractivity contribution in [2.75, 3.05) is 6.54 Å². The van der Waals surface area contributed by atoms with E-state index >= 15 is 0 Å². The quantitative estimate of drug-likeness (QED) is 0.609. The minimum absolute atomic E-state index is 0.231. The van der Waals surface area contributed by atoms with Gasteiger partial charge in [0.2, 0.25) is 5.91 Å². The van der Waals surface area contributed by atoms with Gasteiger partial charge in [-0.05, 0) is 35.2 Å². The van der Waals surface area contributed by atoms with Crippen LogP contribution in [0.4, 0.5) is 0 Å². The Labute approximate surface area is 164 Å². The summed E-state index contributed by atoms with van der Waals surface area (Å²) in [4.78, 5) is 23.6. The molecule has 0 atom stereocenters. The predicted molar refractivity (Wildman–Crippen MR) is 113 cm³/mol. The van der Waals surface area contributed by atoms with Crippen molar-refractivity contribution in [1.82, 2.24) is 5.32 Å². The van der Waals surface area contributed by atoms with Crippen LogP contribution in [0.15, 0.2) is 84.9 Å². The highest BCUT2D eigenvalue weighted by molar-refractivity contribution is 6.06. The first-order valence-electron chi connectivity index (χ1n) is 9.14. The highest BCUT2D eigenvalue weighted by Crippen LogP contribution is 2.19. The molecule has 0 bridgehead atoms. The molecule has 0 radical (unpaired) electrons. The maximum absolute atomic E-state index is 12.2. The zero-order valence-electron chi connectivity index (χ0n) is 15.5. The number of carbonyl (C=O) groups excluding carboxylic acids is 2. The standard InChI is InChI=1S/C24H22N2O2/c25-23(27)21-11-4-5-12-22(21)24(28)26-17-7-6-8-18-13-15-20(16-14-18)19-9-2-1-3-10-19/h1-6,8-16H,7,17H2,(H2,25,27)(H,26,28). The summed E-state index contributed by atoms with van der Waals surface area (Å²) in [7, 11) is 0. The van der Waals surface area contributed by atoms with Crippen LogP contribution in [0.3, 0.4) is 0 Å². The minimum atomic E-state index is -0.607. The monoisotopic (exact) mass is 370 g/mol. The van der Waals surface area contributed by atoms with Crippen molar-refractivity contribution in [3.63, 3.8) is 0 Å². The summed E-state index contributed by atoms with van der Waals surface area (Å²) in [5, 5.41) is 2.81. The van der Waals surface area contributed by atoms with Crippen molar-refractivity contribution in [1.29, 1.82) is 0 Å². The second kappa shape index (κ2) is 9.33. The van der Waals surface area contributed by atoms with Gasteiger partial charge >= 0.3 is 0 Å². The van der Waals surface area contributed by atoms with Crippen molar-refractivity contribution < 1.29 is 9.59 Å². The summed E-state index contributed by atoms with van der Waals surface area (Å²) in [6.07, 6.45) is 4.72. The van der Waals surface area contributed by atoms with Gasteiger partial charge in [0.05, 0.1) is 11.1 Å². The Kier molecular flexibility index (Phi) is 6.37. The molecular weight excluding hydrogens is 348 g/mol. The van der Waals surface area contributed by atoms with Crippen molar-refractivity contribution in [2.24, 2.45) is 5.73 Å². The predicted octanol–water partition coefficient (Wildman–Crippen LogP) is 4.29. The minimum Gasteiger partial charge on any atom is -0.366 e. The molecule has 140 valence electrons. The molecule has 0 aliphatic carbocycles. The van der Waals surface area contributed by atoms with Gasteiger partial charge in [0.15, 0.2) is 0 Å². The van der Waals surface area contributed by atoms with Crippen LogP contribution >= 0.6 is 0 Å². The number of primary amides is 1. The van der Waals surface area contributed by atoms with E-state index in [-0.39, 0.29) is 11.5 Å². The fourth-order valence-corrected chi connectivity index (χ4v) is 2.90.